The lowest BCUT2D eigenvalue weighted by Gasteiger charge is -1.99. The van der Waals surface area contributed by atoms with Crippen molar-refractivity contribution in [2.75, 3.05) is 0 Å². The van der Waals surface area contributed by atoms with Crippen LogP contribution in [0.5, 0.6) is 0 Å². The number of aromatic nitrogens is 4. The molecular weight excluding hydrogens is 222 g/mol. The minimum absolute atomic E-state index is 0.0368. The zero-order valence-electron chi connectivity index (χ0n) is 7.24. The van der Waals surface area contributed by atoms with Crippen molar-refractivity contribution >= 4 is 17.3 Å². The molecule has 15 heavy (non-hydrogen) atoms. The number of hydrogen-bond acceptors (Lipinski definition) is 5. The molecule has 8 heteroatoms. The van der Waals surface area contributed by atoms with Crippen LogP contribution >= 0.6 is 11.6 Å². The molecule has 0 radical (unpaired) electrons. The van der Waals surface area contributed by atoms with E-state index in [-0.39, 0.29) is 16.7 Å². The van der Waals surface area contributed by atoms with Gasteiger partial charge in [0, 0.05) is 0 Å². The summed E-state index contributed by atoms with van der Waals surface area (Å²) in [5.74, 6) is 0.256. The van der Waals surface area contributed by atoms with E-state index in [1.807, 2.05) is 0 Å². The fourth-order valence-corrected chi connectivity index (χ4v) is 1.22. The van der Waals surface area contributed by atoms with Gasteiger partial charge in [-0.2, -0.15) is 5.10 Å². The van der Waals surface area contributed by atoms with Crippen molar-refractivity contribution in [1.29, 1.82) is 0 Å². The lowest BCUT2D eigenvalue weighted by molar-refractivity contribution is -0.384. The molecule has 76 valence electrons. The molecule has 0 N–H and O–H groups in total. The highest BCUT2D eigenvalue weighted by molar-refractivity contribution is 6.29. The number of rotatable bonds is 2. The standard InChI is InChI=1S/C7H4ClN5O2/c8-6-1-5(13(14)15)2-7(11-6)12-4-9-3-10-12/h1-4H. The predicted molar refractivity (Wildman–Crippen MR) is 50.8 cm³/mol. The van der Waals surface area contributed by atoms with E-state index in [0.717, 1.165) is 0 Å². The van der Waals surface area contributed by atoms with E-state index in [2.05, 4.69) is 15.1 Å². The zero-order chi connectivity index (χ0) is 10.8. The summed E-state index contributed by atoms with van der Waals surface area (Å²) in [6.45, 7) is 0. The summed E-state index contributed by atoms with van der Waals surface area (Å²) in [6.07, 6.45) is 2.68. The molecule has 2 aromatic rings. The van der Waals surface area contributed by atoms with Gasteiger partial charge in [0.25, 0.3) is 5.69 Å². The number of hydrogen-bond donors (Lipinski definition) is 0. The topological polar surface area (TPSA) is 86.7 Å². The third-order valence-electron chi connectivity index (χ3n) is 1.63. The third kappa shape index (κ3) is 1.91. The third-order valence-corrected chi connectivity index (χ3v) is 1.82. The molecule has 0 aromatic carbocycles. The van der Waals surface area contributed by atoms with Crippen molar-refractivity contribution in [2.24, 2.45) is 0 Å². The second kappa shape index (κ2) is 3.62. The molecule has 2 heterocycles. The van der Waals surface area contributed by atoms with E-state index in [1.165, 1.54) is 29.5 Å². The molecule has 0 aliphatic heterocycles. The minimum atomic E-state index is -0.548. The number of nitrogens with zero attached hydrogens (tertiary/aromatic N) is 5. The SMILES string of the molecule is O=[N+]([O-])c1cc(Cl)nc(-n2cncn2)c1. The first-order valence-corrected chi connectivity index (χ1v) is 4.21. The van der Waals surface area contributed by atoms with Crippen LogP contribution in [0, 0.1) is 10.1 Å². The first-order chi connectivity index (χ1) is 7.16. The van der Waals surface area contributed by atoms with Crippen LogP contribution in [0.25, 0.3) is 5.82 Å². The van der Waals surface area contributed by atoms with Crippen molar-refractivity contribution in [3.05, 3.63) is 40.1 Å². The van der Waals surface area contributed by atoms with E-state index in [4.69, 9.17) is 11.6 Å². The Labute approximate surface area is 88.5 Å². The van der Waals surface area contributed by atoms with Gasteiger partial charge < -0.3 is 0 Å². The van der Waals surface area contributed by atoms with E-state index in [1.54, 1.807) is 0 Å². The summed E-state index contributed by atoms with van der Waals surface area (Å²) in [6, 6.07) is 2.43. The van der Waals surface area contributed by atoms with Gasteiger partial charge in [-0.1, -0.05) is 11.6 Å². The Morgan fingerprint density at radius 1 is 1.47 bits per heavy atom. The predicted octanol–water partition coefficient (Wildman–Crippen LogP) is 1.22. The van der Waals surface area contributed by atoms with Crippen LogP contribution in [0.15, 0.2) is 24.8 Å². The van der Waals surface area contributed by atoms with Crippen molar-refractivity contribution in [1.82, 2.24) is 19.7 Å². The molecule has 0 bridgehead atoms. The quantitative estimate of drug-likeness (QED) is 0.436. The maximum Gasteiger partial charge on any atom is 0.276 e. The minimum Gasteiger partial charge on any atom is -0.258 e. The Morgan fingerprint density at radius 3 is 2.87 bits per heavy atom. The van der Waals surface area contributed by atoms with Crippen LogP contribution in [0.3, 0.4) is 0 Å². The molecular formula is C7H4ClN5O2. The van der Waals surface area contributed by atoms with E-state index in [0.29, 0.717) is 0 Å². The highest BCUT2D eigenvalue weighted by Gasteiger charge is 2.11. The van der Waals surface area contributed by atoms with Crippen molar-refractivity contribution in [3.8, 4) is 5.82 Å². The average Bonchev–Trinajstić information content (AvgIpc) is 2.69. The van der Waals surface area contributed by atoms with Gasteiger partial charge in [0.1, 0.15) is 17.8 Å². The van der Waals surface area contributed by atoms with Crippen LogP contribution < -0.4 is 0 Å². The molecule has 0 aliphatic rings. The number of halogens is 1. The Morgan fingerprint density at radius 2 is 2.27 bits per heavy atom. The molecule has 0 amide bonds. The fourth-order valence-electron chi connectivity index (χ4n) is 1.02. The molecule has 2 aromatic heterocycles. The lowest BCUT2D eigenvalue weighted by Crippen LogP contribution is -2.00. The maximum atomic E-state index is 10.5. The van der Waals surface area contributed by atoms with E-state index >= 15 is 0 Å². The van der Waals surface area contributed by atoms with Crippen LogP contribution in [0.1, 0.15) is 0 Å². The first-order valence-electron chi connectivity index (χ1n) is 3.84. The maximum absolute atomic E-state index is 10.5. The van der Waals surface area contributed by atoms with Gasteiger partial charge in [-0.25, -0.2) is 14.6 Å². The summed E-state index contributed by atoms with van der Waals surface area (Å²) in [5, 5.41) is 14.4. The van der Waals surface area contributed by atoms with Gasteiger partial charge in [0.2, 0.25) is 0 Å². The first kappa shape index (κ1) is 9.53. The summed E-state index contributed by atoms with van der Waals surface area (Å²) in [7, 11) is 0. The van der Waals surface area contributed by atoms with E-state index in [9.17, 15) is 10.1 Å². The molecule has 0 atom stereocenters. The summed E-state index contributed by atoms with van der Waals surface area (Å²) in [4.78, 5) is 17.6. The fraction of sp³-hybridized carbons (Fsp3) is 0. The second-order valence-electron chi connectivity index (χ2n) is 2.60. The average molecular weight is 226 g/mol. The highest BCUT2D eigenvalue weighted by Crippen LogP contribution is 2.19. The Balaban J connectivity index is 2.54. The molecule has 0 saturated heterocycles. The molecule has 0 aliphatic carbocycles. The highest BCUT2D eigenvalue weighted by atomic mass is 35.5. The van der Waals surface area contributed by atoms with Crippen molar-refractivity contribution < 1.29 is 4.92 Å². The van der Waals surface area contributed by atoms with Gasteiger partial charge >= 0.3 is 0 Å². The smallest absolute Gasteiger partial charge is 0.258 e. The molecule has 7 nitrogen and oxygen atoms in total. The summed E-state index contributed by atoms with van der Waals surface area (Å²) >= 11 is 5.63. The largest absolute Gasteiger partial charge is 0.276 e. The van der Waals surface area contributed by atoms with Gasteiger partial charge in [-0.15, -0.1) is 0 Å². The molecule has 0 unspecified atom stereocenters. The number of pyridine rings is 1. The van der Waals surface area contributed by atoms with Gasteiger partial charge in [0.05, 0.1) is 17.1 Å². The summed E-state index contributed by atoms with van der Waals surface area (Å²) < 4.78 is 1.29. The molecule has 0 saturated carbocycles. The van der Waals surface area contributed by atoms with Gasteiger partial charge in [-0.3, -0.25) is 10.1 Å². The van der Waals surface area contributed by atoms with Crippen LogP contribution in [0.4, 0.5) is 5.69 Å². The molecule has 0 spiro atoms. The van der Waals surface area contributed by atoms with Crippen LogP contribution in [0.2, 0.25) is 5.15 Å². The summed E-state index contributed by atoms with van der Waals surface area (Å²) in [5.41, 5.74) is -0.138. The van der Waals surface area contributed by atoms with Crippen molar-refractivity contribution in [3.63, 3.8) is 0 Å². The Hall–Kier alpha value is -2.02. The van der Waals surface area contributed by atoms with Gasteiger partial charge in [0.15, 0.2) is 5.82 Å². The second-order valence-corrected chi connectivity index (χ2v) is 2.99. The van der Waals surface area contributed by atoms with Crippen LogP contribution in [-0.2, 0) is 0 Å². The molecule has 2 rings (SSSR count). The van der Waals surface area contributed by atoms with Gasteiger partial charge in [-0.05, 0) is 0 Å². The number of nitro groups is 1. The van der Waals surface area contributed by atoms with Crippen molar-refractivity contribution in [2.45, 2.75) is 0 Å². The van der Waals surface area contributed by atoms with E-state index < -0.39 is 4.92 Å². The zero-order valence-corrected chi connectivity index (χ0v) is 8.00. The normalized spacial score (nSPS) is 10.2. The Bertz CT molecular complexity index is 498. The molecule has 0 fully saturated rings. The Kier molecular flexibility index (Phi) is 2.30. The monoisotopic (exact) mass is 225 g/mol. The van der Waals surface area contributed by atoms with Crippen LogP contribution in [-0.4, -0.2) is 24.7 Å². The lowest BCUT2D eigenvalue weighted by atomic mass is 10.4.